The van der Waals surface area contributed by atoms with Gasteiger partial charge in [-0.3, -0.25) is 21.0 Å². The standard InChI is InChI=1S/C19H30N8/c20-18-23-19(21,25-24-18)15-5-6-16(22-14-15)4-3-9-26-12-7-17(8-13-26)27-10-1-2-11-27/h3-6,14,17,25H,1-2,7-13,21H2,(H3,20,23,24). The zero-order valence-corrected chi connectivity index (χ0v) is 15.8. The van der Waals surface area contributed by atoms with Crippen LogP contribution >= 0.6 is 0 Å². The number of aliphatic imine (C=N–C) groups is 1. The summed E-state index contributed by atoms with van der Waals surface area (Å²) >= 11 is 0. The van der Waals surface area contributed by atoms with E-state index < -0.39 is 5.79 Å². The van der Waals surface area contributed by atoms with E-state index in [2.05, 4.69) is 42.8 Å². The second-order valence-corrected chi connectivity index (χ2v) is 7.66. The smallest absolute Gasteiger partial charge is 0.210 e. The maximum Gasteiger partial charge on any atom is 0.210 e. The zero-order valence-electron chi connectivity index (χ0n) is 15.8. The van der Waals surface area contributed by atoms with Crippen LogP contribution in [0.4, 0.5) is 0 Å². The highest BCUT2D eigenvalue weighted by Gasteiger charge is 2.31. The van der Waals surface area contributed by atoms with Gasteiger partial charge in [-0.1, -0.05) is 12.1 Å². The number of hydrazine groups is 1. The monoisotopic (exact) mass is 370 g/mol. The summed E-state index contributed by atoms with van der Waals surface area (Å²) in [5, 5.41) is 0. The molecule has 3 aliphatic rings. The summed E-state index contributed by atoms with van der Waals surface area (Å²) in [6, 6.07) is 4.68. The normalized spacial score (nSPS) is 28.0. The highest BCUT2D eigenvalue weighted by atomic mass is 15.6. The van der Waals surface area contributed by atoms with E-state index in [1.165, 1.54) is 51.9 Å². The first-order valence-corrected chi connectivity index (χ1v) is 9.89. The molecule has 27 heavy (non-hydrogen) atoms. The van der Waals surface area contributed by atoms with Crippen molar-refractivity contribution < 1.29 is 0 Å². The van der Waals surface area contributed by atoms with Crippen molar-refractivity contribution in [3.8, 4) is 0 Å². The fourth-order valence-corrected chi connectivity index (χ4v) is 4.17. The van der Waals surface area contributed by atoms with E-state index >= 15 is 0 Å². The zero-order chi connectivity index (χ0) is 18.7. The molecule has 8 nitrogen and oxygen atoms in total. The maximum absolute atomic E-state index is 6.17. The lowest BCUT2D eigenvalue weighted by atomic mass is 10.0. The molecule has 0 radical (unpaired) electrons. The number of pyridine rings is 1. The van der Waals surface area contributed by atoms with Gasteiger partial charge in [0.15, 0.2) is 0 Å². The number of aromatic nitrogens is 1. The molecule has 8 heteroatoms. The van der Waals surface area contributed by atoms with Crippen LogP contribution in [0.2, 0.25) is 0 Å². The average Bonchev–Trinajstić information content (AvgIpc) is 3.33. The maximum atomic E-state index is 6.17. The third-order valence-corrected chi connectivity index (χ3v) is 5.77. The number of nitrogens with two attached hydrogens (primary N) is 2. The fourth-order valence-electron chi connectivity index (χ4n) is 4.17. The molecule has 4 heterocycles. The summed E-state index contributed by atoms with van der Waals surface area (Å²) in [5.41, 5.74) is 19.0. The topological polar surface area (TPSA) is 108 Å². The third-order valence-electron chi connectivity index (χ3n) is 5.77. The van der Waals surface area contributed by atoms with Crippen molar-refractivity contribution in [3.63, 3.8) is 0 Å². The molecule has 1 atom stereocenters. The molecule has 3 aliphatic heterocycles. The highest BCUT2D eigenvalue weighted by molar-refractivity contribution is 5.79. The first-order chi connectivity index (χ1) is 13.1. The summed E-state index contributed by atoms with van der Waals surface area (Å²) in [5.74, 6) is -0.783. The van der Waals surface area contributed by atoms with E-state index in [9.17, 15) is 0 Å². The lowest BCUT2D eigenvalue weighted by molar-refractivity contribution is 0.135. The van der Waals surface area contributed by atoms with Crippen LogP contribution in [0.5, 0.6) is 0 Å². The van der Waals surface area contributed by atoms with E-state index in [1.54, 1.807) is 6.20 Å². The number of piperidine rings is 1. The van der Waals surface area contributed by atoms with Gasteiger partial charge in [0.05, 0.1) is 5.69 Å². The van der Waals surface area contributed by atoms with Crippen molar-refractivity contribution in [3.05, 3.63) is 35.7 Å². The van der Waals surface area contributed by atoms with Crippen molar-refractivity contribution in [2.24, 2.45) is 16.5 Å². The summed E-state index contributed by atoms with van der Waals surface area (Å²) in [6.45, 7) is 5.96. The molecule has 0 aliphatic carbocycles. The molecule has 0 bridgehead atoms. The van der Waals surface area contributed by atoms with Gasteiger partial charge >= 0.3 is 0 Å². The second kappa shape index (κ2) is 7.93. The number of nitrogens with zero attached hydrogens (tertiary/aromatic N) is 4. The number of hydrogen-bond donors (Lipinski definition) is 4. The number of nitrogens with one attached hydrogen (secondary N) is 2. The number of rotatable bonds is 5. The molecule has 1 unspecified atom stereocenters. The molecule has 0 amide bonds. The van der Waals surface area contributed by atoms with Crippen LogP contribution in [0.15, 0.2) is 29.4 Å². The number of hydrogen-bond acceptors (Lipinski definition) is 8. The molecule has 2 fully saturated rings. The van der Waals surface area contributed by atoms with Crippen LogP contribution in [0.25, 0.3) is 6.08 Å². The Kier molecular flexibility index (Phi) is 5.40. The van der Waals surface area contributed by atoms with Crippen molar-refractivity contribution in [2.75, 3.05) is 32.7 Å². The SMILES string of the molecule is NC1=NC(N)(c2ccc(C=CCN3CCC(N4CCCC4)CC3)nc2)NN1. The van der Waals surface area contributed by atoms with Gasteiger partial charge in [-0.2, -0.15) is 5.43 Å². The van der Waals surface area contributed by atoms with Gasteiger partial charge in [-0.05, 0) is 64.0 Å². The second-order valence-electron chi connectivity index (χ2n) is 7.66. The average molecular weight is 371 g/mol. The molecular formula is C19H30N8. The van der Waals surface area contributed by atoms with E-state index in [0.717, 1.165) is 23.8 Å². The van der Waals surface area contributed by atoms with Crippen LogP contribution in [0.3, 0.4) is 0 Å². The van der Waals surface area contributed by atoms with E-state index in [-0.39, 0.29) is 5.96 Å². The minimum Gasteiger partial charge on any atom is -0.369 e. The molecule has 1 aromatic heterocycles. The van der Waals surface area contributed by atoms with E-state index in [1.807, 2.05) is 12.1 Å². The van der Waals surface area contributed by atoms with Gasteiger partial charge in [0, 0.05) is 24.3 Å². The molecule has 1 aromatic rings. The molecule has 2 saturated heterocycles. The Balaban J connectivity index is 1.25. The quantitative estimate of drug-likeness (QED) is 0.584. The van der Waals surface area contributed by atoms with Gasteiger partial charge in [0.2, 0.25) is 11.7 Å². The van der Waals surface area contributed by atoms with Crippen molar-refractivity contribution in [1.82, 2.24) is 25.6 Å². The van der Waals surface area contributed by atoms with Crippen molar-refractivity contribution in [2.45, 2.75) is 37.5 Å². The van der Waals surface area contributed by atoms with Crippen molar-refractivity contribution >= 4 is 12.0 Å². The van der Waals surface area contributed by atoms with Gasteiger partial charge in [0.25, 0.3) is 0 Å². The molecule has 0 saturated carbocycles. The van der Waals surface area contributed by atoms with Crippen LogP contribution in [-0.2, 0) is 5.79 Å². The number of guanidine groups is 1. The number of likely N-dealkylation sites (tertiary alicyclic amines) is 2. The fraction of sp³-hybridized carbons (Fsp3) is 0.579. The van der Waals surface area contributed by atoms with Gasteiger partial charge in [0.1, 0.15) is 0 Å². The van der Waals surface area contributed by atoms with Gasteiger partial charge < -0.3 is 10.6 Å². The predicted molar refractivity (Wildman–Crippen MR) is 107 cm³/mol. The van der Waals surface area contributed by atoms with Crippen LogP contribution in [-0.4, -0.2) is 59.5 Å². The first-order valence-electron chi connectivity index (χ1n) is 9.89. The largest absolute Gasteiger partial charge is 0.369 e. The highest BCUT2D eigenvalue weighted by Crippen LogP contribution is 2.21. The summed E-state index contributed by atoms with van der Waals surface area (Å²) in [4.78, 5) is 13.8. The molecule has 0 spiro atoms. The molecule has 0 aromatic carbocycles. The van der Waals surface area contributed by atoms with E-state index in [4.69, 9.17) is 11.5 Å². The Morgan fingerprint density at radius 2 is 1.96 bits per heavy atom. The van der Waals surface area contributed by atoms with Gasteiger partial charge in [-0.25, -0.2) is 4.99 Å². The van der Waals surface area contributed by atoms with Crippen LogP contribution < -0.4 is 22.3 Å². The Bertz CT molecular complexity index is 686. The Labute approximate surface area is 160 Å². The lowest BCUT2D eigenvalue weighted by Gasteiger charge is -2.36. The molecule has 6 N–H and O–H groups in total. The molecular weight excluding hydrogens is 340 g/mol. The predicted octanol–water partition coefficient (Wildman–Crippen LogP) is 0.147. The Morgan fingerprint density at radius 3 is 2.59 bits per heavy atom. The third kappa shape index (κ3) is 4.30. The summed E-state index contributed by atoms with van der Waals surface area (Å²) in [7, 11) is 0. The van der Waals surface area contributed by atoms with Crippen LogP contribution in [0.1, 0.15) is 36.9 Å². The minimum atomic E-state index is -1.06. The Hall–Kier alpha value is -2.00. The minimum absolute atomic E-state index is 0.273. The molecule has 146 valence electrons. The summed E-state index contributed by atoms with van der Waals surface area (Å²) in [6.07, 6.45) is 11.4. The lowest BCUT2D eigenvalue weighted by Crippen LogP contribution is -2.50. The first kappa shape index (κ1) is 18.4. The summed E-state index contributed by atoms with van der Waals surface area (Å²) < 4.78 is 0. The molecule has 4 rings (SSSR count). The van der Waals surface area contributed by atoms with Crippen LogP contribution in [0, 0.1) is 0 Å². The van der Waals surface area contributed by atoms with E-state index in [0.29, 0.717) is 0 Å². The Morgan fingerprint density at radius 1 is 1.19 bits per heavy atom. The van der Waals surface area contributed by atoms with Gasteiger partial charge in [-0.15, -0.1) is 0 Å². The van der Waals surface area contributed by atoms with Crippen molar-refractivity contribution in [1.29, 1.82) is 0 Å².